The summed E-state index contributed by atoms with van der Waals surface area (Å²) in [6.07, 6.45) is 7.20. The minimum atomic E-state index is 0. The SMILES string of the molecule is CN(C)C1CCCCC1.[O]. The van der Waals surface area contributed by atoms with Crippen molar-refractivity contribution >= 4 is 0 Å². The van der Waals surface area contributed by atoms with E-state index < -0.39 is 0 Å². The Morgan fingerprint density at radius 3 is 1.80 bits per heavy atom. The van der Waals surface area contributed by atoms with Crippen molar-refractivity contribution in [2.45, 2.75) is 38.1 Å². The number of nitrogens with zero attached hydrogens (tertiary/aromatic N) is 1. The van der Waals surface area contributed by atoms with Crippen LogP contribution in [0.15, 0.2) is 0 Å². The second-order valence-corrected chi connectivity index (χ2v) is 3.26. The predicted octanol–water partition coefficient (Wildman–Crippen LogP) is 1.76. The minimum absolute atomic E-state index is 0. The number of rotatable bonds is 1. The van der Waals surface area contributed by atoms with Gasteiger partial charge in [-0.05, 0) is 26.9 Å². The van der Waals surface area contributed by atoms with Gasteiger partial charge in [0, 0.05) is 11.5 Å². The zero-order chi connectivity index (χ0) is 6.69. The molecule has 0 aromatic rings. The molecule has 1 aliphatic carbocycles. The average Bonchev–Trinajstić information content (AvgIpc) is 1.90. The lowest BCUT2D eigenvalue weighted by molar-refractivity contribution is 0.229. The lowest BCUT2D eigenvalue weighted by atomic mass is 9.95. The smallest absolute Gasteiger partial charge is 0.00891 e. The van der Waals surface area contributed by atoms with Gasteiger partial charge in [-0.25, -0.2) is 0 Å². The van der Waals surface area contributed by atoms with Gasteiger partial charge in [0.1, 0.15) is 0 Å². The summed E-state index contributed by atoms with van der Waals surface area (Å²) in [5.74, 6) is 0. The third kappa shape index (κ3) is 2.67. The molecule has 1 aliphatic rings. The van der Waals surface area contributed by atoms with Crippen LogP contribution in [0.25, 0.3) is 0 Å². The summed E-state index contributed by atoms with van der Waals surface area (Å²) >= 11 is 0. The second kappa shape index (κ2) is 4.69. The quantitative estimate of drug-likeness (QED) is 0.550. The van der Waals surface area contributed by atoms with Gasteiger partial charge < -0.3 is 4.90 Å². The third-order valence-corrected chi connectivity index (χ3v) is 2.30. The van der Waals surface area contributed by atoms with Crippen LogP contribution in [0.3, 0.4) is 0 Å². The molecule has 60 valence electrons. The Kier molecular flexibility index (Phi) is 4.65. The van der Waals surface area contributed by atoms with Crippen molar-refractivity contribution in [3.8, 4) is 0 Å². The van der Waals surface area contributed by atoms with E-state index >= 15 is 0 Å². The molecule has 0 N–H and O–H groups in total. The molecule has 0 amide bonds. The summed E-state index contributed by atoms with van der Waals surface area (Å²) in [5.41, 5.74) is 0. The van der Waals surface area contributed by atoms with Gasteiger partial charge in [0.05, 0.1) is 0 Å². The molecule has 0 unspecified atom stereocenters. The highest BCUT2D eigenvalue weighted by Gasteiger charge is 2.13. The van der Waals surface area contributed by atoms with Gasteiger partial charge in [0.15, 0.2) is 0 Å². The first-order valence-corrected chi connectivity index (χ1v) is 3.97. The van der Waals surface area contributed by atoms with E-state index in [1.54, 1.807) is 0 Å². The molecule has 1 rings (SSSR count). The van der Waals surface area contributed by atoms with E-state index in [1.807, 2.05) is 0 Å². The van der Waals surface area contributed by atoms with Crippen molar-refractivity contribution in [1.82, 2.24) is 4.90 Å². The Balaban J connectivity index is 0.000000810. The maximum Gasteiger partial charge on any atom is 0.00891 e. The van der Waals surface area contributed by atoms with E-state index in [4.69, 9.17) is 0 Å². The molecule has 1 fully saturated rings. The molecule has 2 heteroatoms. The van der Waals surface area contributed by atoms with Crippen LogP contribution in [0.1, 0.15) is 32.1 Å². The summed E-state index contributed by atoms with van der Waals surface area (Å²) in [5, 5.41) is 0. The Morgan fingerprint density at radius 2 is 1.50 bits per heavy atom. The molecule has 0 aromatic carbocycles. The fourth-order valence-electron chi connectivity index (χ4n) is 1.60. The van der Waals surface area contributed by atoms with Crippen LogP contribution in [0.5, 0.6) is 0 Å². The molecule has 0 bridgehead atoms. The molecule has 1 saturated carbocycles. The standard InChI is InChI=1S/C8H17N.O/c1-9(2)8-6-4-3-5-7-8;/h8H,3-7H2,1-2H3;. The first-order valence-electron chi connectivity index (χ1n) is 3.97. The zero-order valence-corrected chi connectivity index (χ0v) is 6.97. The van der Waals surface area contributed by atoms with Gasteiger partial charge in [0.25, 0.3) is 0 Å². The molecule has 0 aromatic heterocycles. The maximum atomic E-state index is 2.36. The molecule has 0 heterocycles. The van der Waals surface area contributed by atoms with Crippen LogP contribution >= 0.6 is 0 Å². The summed E-state index contributed by atoms with van der Waals surface area (Å²) < 4.78 is 0. The highest BCUT2D eigenvalue weighted by Crippen LogP contribution is 2.20. The Hall–Kier alpha value is -0.0800. The lowest BCUT2D eigenvalue weighted by Gasteiger charge is -2.27. The normalized spacial score (nSPS) is 20.7. The zero-order valence-electron chi connectivity index (χ0n) is 6.97. The van der Waals surface area contributed by atoms with E-state index in [9.17, 15) is 0 Å². The fraction of sp³-hybridized carbons (Fsp3) is 1.00. The first kappa shape index (κ1) is 9.92. The number of hydrogen-bond donors (Lipinski definition) is 0. The molecule has 2 nitrogen and oxygen atoms in total. The minimum Gasteiger partial charge on any atom is -0.306 e. The topological polar surface area (TPSA) is 31.7 Å². The lowest BCUT2D eigenvalue weighted by Crippen LogP contribution is -2.29. The van der Waals surface area contributed by atoms with Crippen LogP contribution in [0, 0.1) is 0 Å². The van der Waals surface area contributed by atoms with E-state index in [1.165, 1.54) is 32.1 Å². The van der Waals surface area contributed by atoms with E-state index in [0.29, 0.717) is 0 Å². The van der Waals surface area contributed by atoms with Gasteiger partial charge in [-0.2, -0.15) is 0 Å². The van der Waals surface area contributed by atoms with E-state index in [-0.39, 0.29) is 5.48 Å². The predicted molar refractivity (Wildman–Crippen MR) is 41.2 cm³/mol. The van der Waals surface area contributed by atoms with Crippen molar-refractivity contribution in [1.29, 1.82) is 0 Å². The van der Waals surface area contributed by atoms with Gasteiger partial charge in [-0.3, -0.25) is 0 Å². The van der Waals surface area contributed by atoms with Gasteiger partial charge in [-0.1, -0.05) is 19.3 Å². The average molecular weight is 143 g/mol. The van der Waals surface area contributed by atoms with Crippen molar-refractivity contribution in [2.24, 2.45) is 0 Å². The van der Waals surface area contributed by atoms with E-state index in [0.717, 1.165) is 6.04 Å². The second-order valence-electron chi connectivity index (χ2n) is 3.26. The van der Waals surface area contributed by atoms with Gasteiger partial charge in [-0.15, -0.1) is 0 Å². The monoisotopic (exact) mass is 143 g/mol. The summed E-state index contributed by atoms with van der Waals surface area (Å²) in [7, 11) is 4.38. The van der Waals surface area contributed by atoms with Crippen molar-refractivity contribution in [2.75, 3.05) is 14.1 Å². The summed E-state index contributed by atoms with van der Waals surface area (Å²) in [6.45, 7) is 0. The van der Waals surface area contributed by atoms with Crippen LogP contribution in [0.2, 0.25) is 0 Å². The number of hydrogen-bond acceptors (Lipinski definition) is 1. The van der Waals surface area contributed by atoms with Gasteiger partial charge >= 0.3 is 0 Å². The van der Waals surface area contributed by atoms with Crippen molar-refractivity contribution in [3.63, 3.8) is 0 Å². The molecular formula is C8H17NO. The van der Waals surface area contributed by atoms with Gasteiger partial charge in [0.2, 0.25) is 0 Å². The Labute approximate surface area is 63.5 Å². The molecule has 0 saturated heterocycles. The summed E-state index contributed by atoms with van der Waals surface area (Å²) in [4.78, 5) is 2.36. The Bertz CT molecular complexity index is 77.3. The first-order chi connectivity index (χ1) is 4.30. The highest BCUT2D eigenvalue weighted by molar-refractivity contribution is 4.70. The Morgan fingerprint density at radius 1 is 1.00 bits per heavy atom. The summed E-state index contributed by atoms with van der Waals surface area (Å²) in [6, 6.07) is 0.888. The molecule has 0 atom stereocenters. The van der Waals surface area contributed by atoms with Crippen molar-refractivity contribution < 1.29 is 5.48 Å². The molecule has 10 heavy (non-hydrogen) atoms. The fourth-order valence-corrected chi connectivity index (χ4v) is 1.60. The molecular weight excluding hydrogens is 126 g/mol. The largest absolute Gasteiger partial charge is 0.306 e. The molecule has 0 aliphatic heterocycles. The third-order valence-electron chi connectivity index (χ3n) is 2.30. The molecule has 0 spiro atoms. The van der Waals surface area contributed by atoms with E-state index in [2.05, 4.69) is 19.0 Å². The van der Waals surface area contributed by atoms with Crippen LogP contribution in [-0.2, 0) is 5.48 Å². The highest BCUT2D eigenvalue weighted by atomic mass is 16.0. The van der Waals surface area contributed by atoms with Crippen LogP contribution in [-0.4, -0.2) is 25.0 Å². The maximum absolute atomic E-state index is 2.36. The molecule has 2 radical (unpaired) electrons. The van der Waals surface area contributed by atoms with Crippen LogP contribution in [0.4, 0.5) is 0 Å². The van der Waals surface area contributed by atoms with Crippen LogP contribution < -0.4 is 0 Å². The van der Waals surface area contributed by atoms with Crippen molar-refractivity contribution in [3.05, 3.63) is 0 Å².